The lowest BCUT2D eigenvalue weighted by molar-refractivity contribution is 0.0978. The molecule has 70 valence electrons. The van der Waals surface area contributed by atoms with E-state index in [1.54, 1.807) is 25.1 Å². The normalized spacial score (nSPS) is 9.38. The predicted molar refractivity (Wildman–Crippen MR) is 58.1 cm³/mol. The molecule has 1 heterocycles. The molecular weight excluding hydrogens is 204 g/mol. The lowest BCUT2D eigenvalue weighted by Crippen LogP contribution is -2.38. The SMILES string of the molecule is CN(C)C(=S)NC(=O)c1cccs1. The monoisotopic (exact) mass is 214 g/mol. The van der Waals surface area contributed by atoms with Gasteiger partial charge in [-0.3, -0.25) is 10.1 Å². The average Bonchev–Trinajstić information content (AvgIpc) is 2.55. The molecule has 0 saturated heterocycles. The fourth-order valence-corrected chi connectivity index (χ4v) is 1.39. The summed E-state index contributed by atoms with van der Waals surface area (Å²) in [5.41, 5.74) is 0. The Hall–Kier alpha value is -0.940. The van der Waals surface area contributed by atoms with Crippen LogP contribution in [0.25, 0.3) is 0 Å². The lowest BCUT2D eigenvalue weighted by Gasteiger charge is -2.13. The first-order valence-electron chi connectivity index (χ1n) is 3.67. The molecule has 1 aromatic rings. The second kappa shape index (κ2) is 4.34. The Bertz CT molecular complexity index is 306. The maximum atomic E-state index is 11.4. The van der Waals surface area contributed by atoms with E-state index < -0.39 is 0 Å². The number of amides is 1. The third-order valence-corrected chi connectivity index (χ3v) is 2.71. The van der Waals surface area contributed by atoms with E-state index in [1.165, 1.54) is 11.3 Å². The molecule has 0 atom stereocenters. The summed E-state index contributed by atoms with van der Waals surface area (Å²) >= 11 is 6.32. The third kappa shape index (κ3) is 2.78. The Balaban J connectivity index is 2.57. The van der Waals surface area contributed by atoms with Gasteiger partial charge in [-0.05, 0) is 23.7 Å². The number of hydrogen-bond acceptors (Lipinski definition) is 3. The number of hydrogen-bond donors (Lipinski definition) is 1. The zero-order valence-corrected chi connectivity index (χ0v) is 9.04. The van der Waals surface area contributed by atoms with Crippen LogP contribution in [0.15, 0.2) is 17.5 Å². The average molecular weight is 214 g/mol. The van der Waals surface area contributed by atoms with Crippen LogP contribution >= 0.6 is 23.6 Å². The number of rotatable bonds is 1. The van der Waals surface area contributed by atoms with E-state index in [-0.39, 0.29) is 5.91 Å². The van der Waals surface area contributed by atoms with Crippen molar-refractivity contribution in [1.82, 2.24) is 10.2 Å². The van der Waals surface area contributed by atoms with Crippen molar-refractivity contribution in [3.05, 3.63) is 22.4 Å². The first-order chi connectivity index (χ1) is 6.11. The van der Waals surface area contributed by atoms with E-state index in [2.05, 4.69) is 5.32 Å². The Morgan fingerprint density at radius 2 is 2.31 bits per heavy atom. The molecule has 0 aliphatic rings. The van der Waals surface area contributed by atoms with E-state index in [0.717, 1.165) is 0 Å². The van der Waals surface area contributed by atoms with Gasteiger partial charge in [0.2, 0.25) is 0 Å². The largest absolute Gasteiger partial charge is 0.355 e. The van der Waals surface area contributed by atoms with Gasteiger partial charge in [0.05, 0.1) is 4.88 Å². The minimum Gasteiger partial charge on any atom is -0.355 e. The van der Waals surface area contributed by atoms with Gasteiger partial charge in [0, 0.05) is 14.1 Å². The molecule has 0 saturated carbocycles. The summed E-state index contributed by atoms with van der Waals surface area (Å²) in [4.78, 5) is 13.8. The molecule has 0 aromatic carbocycles. The molecule has 0 unspecified atom stereocenters. The molecule has 1 N–H and O–H groups in total. The number of nitrogens with one attached hydrogen (secondary N) is 1. The minimum absolute atomic E-state index is 0.145. The molecule has 3 nitrogen and oxygen atoms in total. The quantitative estimate of drug-likeness (QED) is 0.716. The van der Waals surface area contributed by atoms with Gasteiger partial charge in [-0.1, -0.05) is 6.07 Å². The van der Waals surface area contributed by atoms with Crippen LogP contribution in [0.1, 0.15) is 9.67 Å². The van der Waals surface area contributed by atoms with E-state index >= 15 is 0 Å². The van der Waals surface area contributed by atoms with Gasteiger partial charge in [0.25, 0.3) is 5.91 Å². The second-order valence-corrected chi connectivity index (χ2v) is 3.97. The van der Waals surface area contributed by atoms with Crippen LogP contribution in [-0.2, 0) is 0 Å². The topological polar surface area (TPSA) is 32.3 Å². The van der Waals surface area contributed by atoms with Crippen LogP contribution in [0.5, 0.6) is 0 Å². The van der Waals surface area contributed by atoms with Crippen LogP contribution in [-0.4, -0.2) is 30.0 Å². The van der Waals surface area contributed by atoms with Crippen molar-refractivity contribution >= 4 is 34.6 Å². The zero-order valence-electron chi connectivity index (χ0n) is 7.40. The molecular formula is C8H10N2OS2. The van der Waals surface area contributed by atoms with Crippen molar-refractivity contribution in [1.29, 1.82) is 0 Å². The summed E-state index contributed by atoms with van der Waals surface area (Å²) in [6.45, 7) is 0. The Morgan fingerprint density at radius 3 is 2.77 bits per heavy atom. The Labute approximate surface area is 86.4 Å². The molecule has 1 aromatic heterocycles. The van der Waals surface area contributed by atoms with Crippen molar-refractivity contribution in [2.45, 2.75) is 0 Å². The molecule has 0 aliphatic carbocycles. The van der Waals surface area contributed by atoms with Crippen LogP contribution in [0.3, 0.4) is 0 Å². The maximum absolute atomic E-state index is 11.4. The van der Waals surface area contributed by atoms with Crippen LogP contribution in [0, 0.1) is 0 Å². The molecule has 0 aliphatic heterocycles. The van der Waals surface area contributed by atoms with E-state index in [4.69, 9.17) is 12.2 Å². The van der Waals surface area contributed by atoms with Crippen LogP contribution < -0.4 is 5.32 Å². The van der Waals surface area contributed by atoms with Gasteiger partial charge in [-0.2, -0.15) is 0 Å². The lowest BCUT2D eigenvalue weighted by atomic mass is 10.4. The number of carbonyl (C=O) groups is 1. The van der Waals surface area contributed by atoms with Crippen molar-refractivity contribution in [3.63, 3.8) is 0 Å². The van der Waals surface area contributed by atoms with Gasteiger partial charge in [-0.25, -0.2) is 0 Å². The number of carbonyl (C=O) groups excluding carboxylic acids is 1. The first kappa shape index (κ1) is 10.1. The van der Waals surface area contributed by atoms with E-state index in [9.17, 15) is 4.79 Å². The fraction of sp³-hybridized carbons (Fsp3) is 0.250. The first-order valence-corrected chi connectivity index (χ1v) is 4.96. The van der Waals surface area contributed by atoms with Crippen LogP contribution in [0.4, 0.5) is 0 Å². The van der Waals surface area contributed by atoms with Crippen molar-refractivity contribution in [2.24, 2.45) is 0 Å². The highest BCUT2D eigenvalue weighted by Gasteiger charge is 2.08. The maximum Gasteiger partial charge on any atom is 0.267 e. The van der Waals surface area contributed by atoms with Crippen molar-refractivity contribution < 1.29 is 4.79 Å². The zero-order chi connectivity index (χ0) is 9.84. The van der Waals surface area contributed by atoms with Gasteiger partial charge in [-0.15, -0.1) is 11.3 Å². The Kier molecular flexibility index (Phi) is 3.39. The highest BCUT2D eigenvalue weighted by molar-refractivity contribution is 7.80. The summed E-state index contributed by atoms with van der Waals surface area (Å²) in [6.07, 6.45) is 0. The number of thiocarbonyl (C=S) groups is 1. The summed E-state index contributed by atoms with van der Waals surface area (Å²) in [7, 11) is 3.58. The molecule has 0 spiro atoms. The highest BCUT2D eigenvalue weighted by atomic mass is 32.1. The fourth-order valence-electron chi connectivity index (χ4n) is 0.678. The van der Waals surface area contributed by atoms with Crippen molar-refractivity contribution in [2.75, 3.05) is 14.1 Å². The standard InChI is InChI=1S/C8H10N2OS2/c1-10(2)8(12)9-7(11)6-4-3-5-13-6/h3-5H,1-2H3,(H,9,11,12). The highest BCUT2D eigenvalue weighted by Crippen LogP contribution is 2.07. The Morgan fingerprint density at radius 1 is 1.62 bits per heavy atom. The summed E-state index contributed by atoms with van der Waals surface area (Å²) in [6, 6.07) is 3.59. The summed E-state index contributed by atoms with van der Waals surface area (Å²) < 4.78 is 0. The van der Waals surface area contributed by atoms with Gasteiger partial charge in [0.15, 0.2) is 5.11 Å². The molecule has 1 amide bonds. The van der Waals surface area contributed by atoms with Gasteiger partial charge < -0.3 is 4.90 Å². The summed E-state index contributed by atoms with van der Waals surface area (Å²) in [5, 5.41) is 4.89. The number of nitrogens with zero attached hydrogens (tertiary/aromatic N) is 1. The smallest absolute Gasteiger partial charge is 0.267 e. The van der Waals surface area contributed by atoms with E-state index in [1.807, 2.05) is 11.4 Å². The van der Waals surface area contributed by atoms with Gasteiger partial charge >= 0.3 is 0 Å². The second-order valence-electron chi connectivity index (χ2n) is 2.63. The molecule has 0 fully saturated rings. The molecule has 5 heteroatoms. The van der Waals surface area contributed by atoms with Gasteiger partial charge in [0.1, 0.15) is 0 Å². The van der Waals surface area contributed by atoms with Crippen molar-refractivity contribution in [3.8, 4) is 0 Å². The predicted octanol–water partition coefficient (Wildman–Crippen LogP) is 1.32. The van der Waals surface area contributed by atoms with E-state index in [0.29, 0.717) is 9.99 Å². The number of thiophene rings is 1. The molecule has 0 radical (unpaired) electrons. The minimum atomic E-state index is -0.145. The summed E-state index contributed by atoms with van der Waals surface area (Å²) in [5.74, 6) is -0.145. The van der Waals surface area contributed by atoms with Crippen LogP contribution in [0.2, 0.25) is 0 Å². The molecule has 1 rings (SSSR count). The molecule has 13 heavy (non-hydrogen) atoms. The molecule has 0 bridgehead atoms. The third-order valence-electron chi connectivity index (χ3n) is 1.37.